The van der Waals surface area contributed by atoms with Crippen molar-refractivity contribution in [3.05, 3.63) is 34.9 Å². The molecule has 100 valence electrons. The predicted octanol–water partition coefficient (Wildman–Crippen LogP) is 1.91. The van der Waals surface area contributed by atoms with Crippen LogP contribution in [-0.4, -0.2) is 34.0 Å². The predicted molar refractivity (Wildman–Crippen MR) is 75.5 cm³/mol. The molecule has 2 aromatic rings. The summed E-state index contributed by atoms with van der Waals surface area (Å²) >= 11 is 5.87. The molecule has 0 aromatic carbocycles. The Balaban J connectivity index is 2.14. The van der Waals surface area contributed by atoms with Gasteiger partial charge in [-0.25, -0.2) is 0 Å². The summed E-state index contributed by atoms with van der Waals surface area (Å²) in [5.74, 6) is 0.980. The van der Waals surface area contributed by atoms with Gasteiger partial charge in [-0.3, -0.25) is 4.98 Å². The van der Waals surface area contributed by atoms with Gasteiger partial charge in [-0.1, -0.05) is 0 Å². The number of hydrogen-bond donors (Lipinski definition) is 1. The van der Waals surface area contributed by atoms with E-state index in [9.17, 15) is 0 Å². The van der Waals surface area contributed by atoms with Crippen molar-refractivity contribution in [2.24, 2.45) is 0 Å². The highest BCUT2D eigenvalue weighted by atomic mass is 35.5. The maximum Gasteiger partial charge on any atom is 0.230 e. The molecule has 0 aliphatic rings. The lowest BCUT2D eigenvalue weighted by Crippen LogP contribution is -2.15. The molecular weight excluding hydrogens is 264 g/mol. The Morgan fingerprint density at radius 1 is 1.26 bits per heavy atom. The van der Waals surface area contributed by atoms with Crippen molar-refractivity contribution < 1.29 is 0 Å². The lowest BCUT2D eigenvalue weighted by atomic mass is 10.1. The van der Waals surface area contributed by atoms with Crippen molar-refractivity contribution in [1.29, 1.82) is 0 Å². The fraction of sp³-hybridized carbons (Fsp3) is 0.333. The molecule has 0 aliphatic heterocycles. The zero-order chi connectivity index (χ0) is 13.8. The first-order chi connectivity index (χ1) is 9.06. The smallest absolute Gasteiger partial charge is 0.230 e. The third kappa shape index (κ3) is 3.51. The Morgan fingerprint density at radius 3 is 2.74 bits per heavy atom. The molecule has 2 rings (SSSR count). The minimum absolute atomic E-state index is 0.174. The van der Waals surface area contributed by atoms with E-state index in [-0.39, 0.29) is 5.28 Å². The highest BCUT2D eigenvalue weighted by molar-refractivity contribution is 6.28. The van der Waals surface area contributed by atoms with Crippen LogP contribution in [0.2, 0.25) is 5.28 Å². The van der Waals surface area contributed by atoms with E-state index < -0.39 is 0 Å². The van der Waals surface area contributed by atoms with Crippen molar-refractivity contribution in [3.8, 4) is 0 Å². The van der Waals surface area contributed by atoms with Crippen LogP contribution in [0.3, 0.4) is 0 Å². The molecule has 6 nitrogen and oxygen atoms in total. The second-order valence-electron chi connectivity index (χ2n) is 4.28. The number of nitrogens with zero attached hydrogens (tertiary/aromatic N) is 5. The fourth-order valence-corrected chi connectivity index (χ4v) is 1.65. The summed E-state index contributed by atoms with van der Waals surface area (Å²) < 4.78 is 0. The zero-order valence-corrected chi connectivity index (χ0v) is 11.8. The molecule has 0 bridgehead atoms. The number of hydrogen-bond acceptors (Lipinski definition) is 6. The van der Waals surface area contributed by atoms with E-state index in [4.69, 9.17) is 11.6 Å². The molecule has 2 heterocycles. The van der Waals surface area contributed by atoms with E-state index in [0.29, 0.717) is 18.4 Å². The van der Waals surface area contributed by atoms with Gasteiger partial charge in [-0.05, 0) is 35.7 Å². The quantitative estimate of drug-likeness (QED) is 0.921. The molecule has 0 unspecified atom stereocenters. The number of pyridine rings is 1. The van der Waals surface area contributed by atoms with Crippen LogP contribution in [-0.2, 0) is 6.54 Å². The molecule has 2 aromatic heterocycles. The third-order valence-electron chi connectivity index (χ3n) is 2.57. The number of anilines is 2. The van der Waals surface area contributed by atoms with Gasteiger partial charge in [0.2, 0.25) is 17.2 Å². The maximum atomic E-state index is 5.87. The summed E-state index contributed by atoms with van der Waals surface area (Å²) in [6.45, 7) is 2.62. The molecule has 0 radical (unpaired) electrons. The summed E-state index contributed by atoms with van der Waals surface area (Å²) in [5, 5.41) is 3.31. The van der Waals surface area contributed by atoms with E-state index >= 15 is 0 Å². The lowest BCUT2D eigenvalue weighted by molar-refractivity contribution is 0.939. The Kier molecular flexibility index (Phi) is 4.11. The first-order valence-corrected chi connectivity index (χ1v) is 6.16. The first-order valence-electron chi connectivity index (χ1n) is 5.78. The van der Waals surface area contributed by atoms with Crippen molar-refractivity contribution in [1.82, 2.24) is 19.9 Å². The normalized spacial score (nSPS) is 10.3. The average Bonchev–Trinajstić information content (AvgIpc) is 2.37. The van der Waals surface area contributed by atoms with Crippen LogP contribution >= 0.6 is 11.6 Å². The van der Waals surface area contributed by atoms with E-state index in [1.165, 1.54) is 0 Å². The molecule has 0 amide bonds. The van der Waals surface area contributed by atoms with Crippen molar-refractivity contribution in [3.63, 3.8) is 0 Å². The lowest BCUT2D eigenvalue weighted by Gasteiger charge is -2.12. The summed E-state index contributed by atoms with van der Waals surface area (Å²) in [6.07, 6.45) is 3.58. The minimum Gasteiger partial charge on any atom is -0.350 e. The molecular formula is C12H15ClN6. The third-order valence-corrected chi connectivity index (χ3v) is 2.74. The molecule has 7 heteroatoms. The van der Waals surface area contributed by atoms with Crippen LogP contribution in [0.15, 0.2) is 18.5 Å². The van der Waals surface area contributed by atoms with E-state index in [1.54, 1.807) is 11.1 Å². The molecule has 0 saturated heterocycles. The molecule has 19 heavy (non-hydrogen) atoms. The second-order valence-corrected chi connectivity index (χ2v) is 4.62. The average molecular weight is 279 g/mol. The van der Waals surface area contributed by atoms with Gasteiger partial charge in [0.1, 0.15) is 0 Å². The molecule has 0 aliphatic carbocycles. The van der Waals surface area contributed by atoms with Crippen LogP contribution in [0.5, 0.6) is 0 Å². The van der Waals surface area contributed by atoms with E-state index in [2.05, 4.69) is 25.3 Å². The largest absolute Gasteiger partial charge is 0.350 e. The van der Waals surface area contributed by atoms with Gasteiger partial charge in [0.15, 0.2) is 0 Å². The molecule has 0 saturated carbocycles. The van der Waals surface area contributed by atoms with Gasteiger partial charge in [-0.15, -0.1) is 0 Å². The van der Waals surface area contributed by atoms with Gasteiger partial charge in [-0.2, -0.15) is 15.0 Å². The molecule has 0 spiro atoms. The van der Waals surface area contributed by atoms with Gasteiger partial charge < -0.3 is 10.2 Å². The van der Waals surface area contributed by atoms with Crippen molar-refractivity contribution in [2.45, 2.75) is 13.5 Å². The number of nitrogens with one attached hydrogen (secondary N) is 1. The zero-order valence-electron chi connectivity index (χ0n) is 11.1. The number of halogens is 1. The van der Waals surface area contributed by atoms with Gasteiger partial charge in [0.05, 0.1) is 0 Å². The SMILES string of the molecule is Cc1cnccc1CNc1nc(Cl)nc(N(C)C)n1. The Labute approximate surface area is 116 Å². The molecule has 0 fully saturated rings. The highest BCUT2D eigenvalue weighted by Gasteiger charge is 2.06. The fourth-order valence-electron chi connectivity index (χ4n) is 1.49. The Morgan fingerprint density at radius 2 is 2.05 bits per heavy atom. The van der Waals surface area contributed by atoms with Crippen molar-refractivity contribution in [2.75, 3.05) is 24.3 Å². The van der Waals surface area contributed by atoms with Gasteiger partial charge >= 0.3 is 0 Å². The van der Waals surface area contributed by atoms with E-state index in [1.807, 2.05) is 33.3 Å². The summed E-state index contributed by atoms with van der Waals surface area (Å²) in [5.41, 5.74) is 2.25. The van der Waals surface area contributed by atoms with Crippen LogP contribution < -0.4 is 10.2 Å². The van der Waals surface area contributed by atoms with Crippen LogP contribution in [0.1, 0.15) is 11.1 Å². The second kappa shape index (κ2) is 5.79. The summed E-state index contributed by atoms with van der Waals surface area (Å²) in [4.78, 5) is 18.2. The first kappa shape index (κ1) is 13.5. The number of rotatable bonds is 4. The van der Waals surface area contributed by atoms with Gasteiger partial charge in [0, 0.05) is 33.0 Å². The van der Waals surface area contributed by atoms with Crippen LogP contribution in [0.4, 0.5) is 11.9 Å². The Hall–Kier alpha value is -1.95. The monoisotopic (exact) mass is 278 g/mol. The molecule has 1 N–H and O–H groups in total. The highest BCUT2D eigenvalue weighted by Crippen LogP contribution is 2.13. The van der Waals surface area contributed by atoms with E-state index in [0.717, 1.165) is 11.1 Å². The van der Waals surface area contributed by atoms with Crippen LogP contribution in [0, 0.1) is 6.92 Å². The van der Waals surface area contributed by atoms with Crippen LogP contribution in [0.25, 0.3) is 0 Å². The number of aryl methyl sites for hydroxylation is 1. The van der Waals surface area contributed by atoms with Crippen molar-refractivity contribution >= 4 is 23.5 Å². The standard InChI is InChI=1S/C12H15ClN6/c1-8-6-14-5-4-9(8)7-15-11-16-10(13)17-12(18-11)19(2)3/h4-6H,7H2,1-3H3,(H,15,16,17,18). The Bertz CT molecular complexity index is 572. The summed E-state index contributed by atoms with van der Waals surface area (Å²) in [7, 11) is 3.70. The topological polar surface area (TPSA) is 66.8 Å². The minimum atomic E-state index is 0.174. The van der Waals surface area contributed by atoms with Gasteiger partial charge in [0.25, 0.3) is 0 Å². The maximum absolute atomic E-state index is 5.87. The summed E-state index contributed by atoms with van der Waals surface area (Å²) in [6, 6.07) is 1.96. The number of aromatic nitrogens is 4. The molecule has 0 atom stereocenters.